The Morgan fingerprint density at radius 1 is 1.21 bits per heavy atom. The number of rotatable bonds is 11. The lowest BCUT2D eigenvalue weighted by Crippen LogP contribution is -2.20. The third-order valence-corrected chi connectivity index (χ3v) is 5.60. The molecular weight excluding hydrogens is 368 g/mol. The van der Waals surface area contributed by atoms with E-state index in [1.807, 2.05) is 48.6 Å². The molecule has 1 fully saturated rings. The van der Waals surface area contributed by atoms with E-state index in [4.69, 9.17) is 0 Å². The Balaban J connectivity index is 1.80. The van der Waals surface area contributed by atoms with E-state index < -0.39 is 18.3 Å². The molecule has 5 atom stereocenters. The van der Waals surface area contributed by atoms with Crippen molar-refractivity contribution in [3.05, 3.63) is 60.2 Å². The molecule has 0 saturated heterocycles. The molecule has 0 bridgehead atoms. The summed E-state index contributed by atoms with van der Waals surface area (Å²) in [7, 11) is 1.39. The predicted octanol–water partition coefficient (Wildman–Crippen LogP) is 3.18. The normalized spacial score (nSPS) is 25.7. The summed E-state index contributed by atoms with van der Waals surface area (Å²) in [4.78, 5) is 11.1. The van der Waals surface area contributed by atoms with Crippen molar-refractivity contribution >= 4 is 5.97 Å². The number of hydrogen-bond acceptors (Lipinski definition) is 5. The number of hydrogen-bond donors (Lipinski definition) is 3. The van der Waals surface area contributed by atoms with Crippen molar-refractivity contribution in [3.63, 3.8) is 0 Å². The second-order valence-electron chi connectivity index (χ2n) is 7.76. The van der Waals surface area contributed by atoms with Gasteiger partial charge in [0.2, 0.25) is 0 Å². The highest BCUT2D eigenvalue weighted by molar-refractivity contribution is 5.69. The van der Waals surface area contributed by atoms with Crippen molar-refractivity contribution in [1.82, 2.24) is 0 Å². The highest BCUT2D eigenvalue weighted by atomic mass is 16.5. The standard InChI is InChI=1S/C24H34O5/c1-29-24(28)12-8-3-2-7-11-20-21(23(27)17-22(20)26)16-15-19(25)14-13-18-9-5-4-6-10-18/h2,4-7,9-10,15-16,19-23,25-27H,3,8,11-14,17H2,1H3/b7-2-,16-15+/t19-,20+,21+,22-,23+/m0/s1. The number of benzene rings is 1. The number of aryl methyl sites for hydroxylation is 1. The number of allylic oxidation sites excluding steroid dienone is 2. The summed E-state index contributed by atoms with van der Waals surface area (Å²) >= 11 is 0. The van der Waals surface area contributed by atoms with Gasteiger partial charge in [0, 0.05) is 18.8 Å². The van der Waals surface area contributed by atoms with E-state index in [1.165, 1.54) is 12.7 Å². The maximum Gasteiger partial charge on any atom is 0.305 e. The van der Waals surface area contributed by atoms with Crippen LogP contribution in [-0.4, -0.2) is 46.7 Å². The van der Waals surface area contributed by atoms with E-state index in [1.54, 1.807) is 6.08 Å². The molecule has 1 aliphatic rings. The molecule has 5 nitrogen and oxygen atoms in total. The largest absolute Gasteiger partial charge is 0.469 e. The fourth-order valence-electron chi connectivity index (χ4n) is 3.86. The lowest BCUT2D eigenvalue weighted by molar-refractivity contribution is -0.140. The maximum atomic E-state index is 11.1. The van der Waals surface area contributed by atoms with E-state index in [0.29, 0.717) is 25.7 Å². The molecule has 160 valence electrons. The van der Waals surface area contributed by atoms with Crippen LogP contribution in [0.5, 0.6) is 0 Å². The smallest absolute Gasteiger partial charge is 0.305 e. The lowest BCUT2D eigenvalue weighted by atomic mass is 9.89. The van der Waals surface area contributed by atoms with Crippen LogP contribution >= 0.6 is 0 Å². The van der Waals surface area contributed by atoms with Gasteiger partial charge in [-0.25, -0.2) is 0 Å². The summed E-state index contributed by atoms with van der Waals surface area (Å²) in [5.74, 6) is -0.445. The first kappa shape index (κ1) is 23.3. The quantitative estimate of drug-likeness (QED) is 0.301. The number of ether oxygens (including phenoxy) is 1. The minimum absolute atomic E-state index is 0.0700. The molecule has 0 aliphatic heterocycles. The summed E-state index contributed by atoms with van der Waals surface area (Å²) in [6.07, 6.45) is 10.3. The second kappa shape index (κ2) is 12.6. The molecule has 0 unspecified atom stereocenters. The molecule has 0 radical (unpaired) electrons. The van der Waals surface area contributed by atoms with Gasteiger partial charge in [-0.1, -0.05) is 54.6 Å². The average Bonchev–Trinajstić information content (AvgIpc) is 3.00. The van der Waals surface area contributed by atoms with Crippen molar-refractivity contribution in [2.24, 2.45) is 11.8 Å². The average molecular weight is 403 g/mol. The zero-order chi connectivity index (χ0) is 21.1. The molecule has 0 aromatic heterocycles. The fraction of sp³-hybridized carbons (Fsp3) is 0.542. The first-order valence-corrected chi connectivity index (χ1v) is 10.5. The van der Waals surface area contributed by atoms with Gasteiger partial charge in [0.15, 0.2) is 0 Å². The Hall–Kier alpha value is -1.95. The van der Waals surface area contributed by atoms with Crippen LogP contribution in [0.4, 0.5) is 0 Å². The monoisotopic (exact) mass is 402 g/mol. The number of aliphatic hydroxyl groups is 3. The molecule has 2 rings (SSSR count). The molecule has 1 aromatic rings. The minimum atomic E-state index is -0.597. The van der Waals surface area contributed by atoms with Crippen LogP contribution in [0.2, 0.25) is 0 Å². The highest BCUT2D eigenvalue weighted by Crippen LogP contribution is 2.36. The van der Waals surface area contributed by atoms with Crippen LogP contribution in [0, 0.1) is 11.8 Å². The molecule has 1 aliphatic carbocycles. The van der Waals surface area contributed by atoms with Gasteiger partial charge in [-0.2, -0.15) is 0 Å². The van der Waals surface area contributed by atoms with Crippen molar-refractivity contribution in [3.8, 4) is 0 Å². The van der Waals surface area contributed by atoms with Crippen LogP contribution in [0.15, 0.2) is 54.6 Å². The van der Waals surface area contributed by atoms with E-state index in [9.17, 15) is 20.1 Å². The zero-order valence-electron chi connectivity index (χ0n) is 17.2. The first-order chi connectivity index (χ1) is 14.0. The van der Waals surface area contributed by atoms with Crippen molar-refractivity contribution in [2.45, 2.75) is 63.3 Å². The summed E-state index contributed by atoms with van der Waals surface area (Å²) in [5.41, 5.74) is 1.19. The van der Waals surface area contributed by atoms with Crippen molar-refractivity contribution in [2.75, 3.05) is 7.11 Å². The van der Waals surface area contributed by atoms with Gasteiger partial charge in [0.25, 0.3) is 0 Å². The molecule has 5 heteroatoms. The SMILES string of the molecule is COC(=O)CCC/C=C\C[C@@H]1[C@@H](/C=C/[C@@H](O)CCc2ccccc2)[C@H](O)C[C@@H]1O. The Labute approximate surface area is 173 Å². The third kappa shape index (κ3) is 8.13. The van der Waals surface area contributed by atoms with Gasteiger partial charge in [0.05, 0.1) is 25.4 Å². The van der Waals surface area contributed by atoms with Gasteiger partial charge in [0.1, 0.15) is 0 Å². The topological polar surface area (TPSA) is 87.0 Å². The lowest BCUT2D eigenvalue weighted by Gasteiger charge is -2.19. The van der Waals surface area contributed by atoms with Crippen LogP contribution in [-0.2, 0) is 16.0 Å². The number of carbonyl (C=O) groups is 1. The zero-order valence-corrected chi connectivity index (χ0v) is 17.2. The summed E-state index contributed by atoms with van der Waals surface area (Å²) in [6.45, 7) is 0. The van der Waals surface area contributed by atoms with Crippen LogP contribution in [0.25, 0.3) is 0 Å². The Kier molecular flexibility index (Phi) is 10.1. The Morgan fingerprint density at radius 2 is 1.97 bits per heavy atom. The molecule has 0 spiro atoms. The van der Waals surface area contributed by atoms with Gasteiger partial charge < -0.3 is 20.1 Å². The third-order valence-electron chi connectivity index (χ3n) is 5.60. The van der Waals surface area contributed by atoms with Gasteiger partial charge >= 0.3 is 5.97 Å². The fourth-order valence-corrected chi connectivity index (χ4v) is 3.86. The number of methoxy groups -OCH3 is 1. The molecule has 3 N–H and O–H groups in total. The predicted molar refractivity (Wildman–Crippen MR) is 113 cm³/mol. The van der Waals surface area contributed by atoms with Crippen LogP contribution < -0.4 is 0 Å². The van der Waals surface area contributed by atoms with Gasteiger partial charge in [-0.05, 0) is 43.6 Å². The van der Waals surface area contributed by atoms with E-state index in [0.717, 1.165) is 19.3 Å². The van der Waals surface area contributed by atoms with Gasteiger partial charge in [-0.3, -0.25) is 4.79 Å². The minimum Gasteiger partial charge on any atom is -0.469 e. The first-order valence-electron chi connectivity index (χ1n) is 10.5. The Bertz CT molecular complexity index is 654. The summed E-state index contributed by atoms with van der Waals surface area (Å²) < 4.78 is 4.61. The number of aliphatic hydroxyl groups excluding tert-OH is 3. The van der Waals surface area contributed by atoms with Crippen LogP contribution in [0.3, 0.4) is 0 Å². The molecule has 1 saturated carbocycles. The number of carbonyl (C=O) groups excluding carboxylic acids is 1. The van der Waals surface area contributed by atoms with Crippen LogP contribution in [0.1, 0.15) is 44.1 Å². The second-order valence-corrected chi connectivity index (χ2v) is 7.76. The number of unbranched alkanes of at least 4 members (excludes halogenated alkanes) is 1. The van der Waals surface area contributed by atoms with Gasteiger partial charge in [-0.15, -0.1) is 0 Å². The highest BCUT2D eigenvalue weighted by Gasteiger charge is 2.39. The molecular formula is C24H34O5. The number of esters is 1. The van der Waals surface area contributed by atoms with Crippen molar-refractivity contribution < 1.29 is 24.9 Å². The molecule has 0 amide bonds. The molecule has 0 heterocycles. The summed E-state index contributed by atoms with van der Waals surface area (Å²) in [5, 5.41) is 30.9. The van der Waals surface area contributed by atoms with E-state index >= 15 is 0 Å². The van der Waals surface area contributed by atoms with E-state index in [2.05, 4.69) is 4.74 Å². The maximum absolute atomic E-state index is 11.1. The molecule has 29 heavy (non-hydrogen) atoms. The summed E-state index contributed by atoms with van der Waals surface area (Å²) in [6, 6.07) is 10.0. The molecule has 1 aromatic carbocycles. The van der Waals surface area contributed by atoms with Crippen molar-refractivity contribution in [1.29, 1.82) is 0 Å². The Morgan fingerprint density at radius 3 is 2.69 bits per heavy atom. The van der Waals surface area contributed by atoms with E-state index in [-0.39, 0.29) is 17.8 Å².